The van der Waals surface area contributed by atoms with Gasteiger partial charge in [-0.2, -0.15) is 0 Å². The van der Waals surface area contributed by atoms with E-state index in [-0.39, 0.29) is 12.1 Å². The third-order valence-electron chi connectivity index (χ3n) is 7.64. The van der Waals surface area contributed by atoms with E-state index in [4.69, 9.17) is 0 Å². The first-order valence-corrected chi connectivity index (χ1v) is 14.8. The first-order chi connectivity index (χ1) is 16.6. The van der Waals surface area contributed by atoms with Crippen molar-refractivity contribution in [3.05, 3.63) is 24.6 Å². The highest BCUT2D eigenvalue weighted by Crippen LogP contribution is 2.26. The maximum Gasteiger partial charge on any atom is 0.221 e. The number of hydrogen-bond acceptors (Lipinski definition) is 2. The summed E-state index contributed by atoms with van der Waals surface area (Å²) in [7, 11) is 0. The van der Waals surface area contributed by atoms with Crippen molar-refractivity contribution in [2.75, 3.05) is 6.54 Å². The fourth-order valence-corrected chi connectivity index (χ4v) is 5.39. The molecule has 0 aromatic heterocycles. The van der Waals surface area contributed by atoms with Gasteiger partial charge >= 0.3 is 0 Å². The van der Waals surface area contributed by atoms with Crippen LogP contribution in [0.1, 0.15) is 143 Å². The molecule has 0 radical (unpaired) electrons. The van der Waals surface area contributed by atoms with Crippen LogP contribution in [-0.4, -0.2) is 29.3 Å². The van der Waals surface area contributed by atoms with Gasteiger partial charge in [0.25, 0.3) is 0 Å². The fourth-order valence-electron chi connectivity index (χ4n) is 5.39. The fraction of sp³-hybridized carbons (Fsp3) is 0.833. The molecule has 0 spiro atoms. The summed E-state index contributed by atoms with van der Waals surface area (Å²) >= 11 is 0. The van der Waals surface area contributed by atoms with E-state index in [1.165, 1.54) is 109 Å². The summed E-state index contributed by atoms with van der Waals surface area (Å²) in [5.41, 5.74) is 0. The summed E-state index contributed by atoms with van der Waals surface area (Å²) in [6.07, 6.45) is 34.1. The zero-order valence-electron chi connectivity index (χ0n) is 23.3. The van der Waals surface area contributed by atoms with Gasteiger partial charge in [-0.3, -0.25) is 9.28 Å². The van der Waals surface area contributed by atoms with Crippen molar-refractivity contribution < 1.29 is 9.28 Å². The predicted molar refractivity (Wildman–Crippen MR) is 148 cm³/mol. The van der Waals surface area contributed by atoms with Gasteiger partial charge in [-0.25, -0.2) is 0 Å². The molecule has 0 fully saturated rings. The van der Waals surface area contributed by atoms with Crippen LogP contribution in [0, 0.1) is 0 Å². The third kappa shape index (κ3) is 13.0. The summed E-state index contributed by atoms with van der Waals surface area (Å²) in [5.74, 6) is 0.0500. The van der Waals surface area contributed by atoms with E-state index >= 15 is 0 Å². The molecule has 1 aliphatic heterocycles. The van der Waals surface area contributed by atoms with Crippen LogP contribution < -0.4 is 10.6 Å². The Kier molecular flexibility index (Phi) is 18.0. The minimum atomic E-state index is 0.0500. The van der Waals surface area contributed by atoms with E-state index < -0.39 is 0 Å². The topological polar surface area (TPSA) is 41.1 Å². The number of amides is 1. The lowest BCUT2D eigenvalue weighted by atomic mass is 10.0. The van der Waals surface area contributed by atoms with Crippen molar-refractivity contribution in [3.63, 3.8) is 0 Å². The van der Waals surface area contributed by atoms with Crippen LogP contribution in [0.5, 0.6) is 0 Å². The first-order valence-electron chi connectivity index (χ1n) is 14.8. The Morgan fingerprint density at radius 3 is 1.85 bits per heavy atom. The Hall–Kier alpha value is -1.29. The van der Waals surface area contributed by atoms with Crippen molar-refractivity contribution in [1.82, 2.24) is 10.6 Å². The van der Waals surface area contributed by atoms with E-state index in [9.17, 15) is 4.79 Å². The van der Waals surface area contributed by atoms with Gasteiger partial charge in [0.05, 0.1) is 12.7 Å². The van der Waals surface area contributed by atoms with E-state index in [1.54, 1.807) is 6.92 Å². The number of quaternary nitrogens is 1. The van der Waals surface area contributed by atoms with Crippen molar-refractivity contribution in [2.24, 2.45) is 0 Å². The second-order valence-corrected chi connectivity index (χ2v) is 10.5. The Labute approximate surface area is 212 Å². The van der Waals surface area contributed by atoms with Gasteiger partial charge in [-0.15, -0.1) is 0 Å². The maximum absolute atomic E-state index is 11.5. The second kappa shape index (κ2) is 20.0. The van der Waals surface area contributed by atoms with Gasteiger partial charge in [-0.1, -0.05) is 96.1 Å². The summed E-state index contributed by atoms with van der Waals surface area (Å²) in [4.78, 5) is 11.5. The summed E-state index contributed by atoms with van der Waals surface area (Å²) in [5, 5.41) is 6.64. The molecule has 1 aliphatic rings. The number of unbranched alkanes of at least 4 members (excludes halogenated alkanes) is 15. The molecular weight excluding hydrogens is 418 g/mol. The number of carbonyl (C=O) groups is 1. The standard InChI is InChI=1S/C30H57N3O/c1-5-7-8-9-10-11-12-13-14-15-16-17-18-19-20-21-22-23-24-25-30-31-26-27-33(30,6-2)28(3)32-29(4)34/h18-19,26-28,30-31H,5-17,20-25H2,1-4H3/p+1/b19-18+. The van der Waals surface area contributed by atoms with Crippen LogP contribution in [-0.2, 0) is 4.79 Å². The van der Waals surface area contributed by atoms with Crippen LogP contribution in [0.3, 0.4) is 0 Å². The number of allylic oxidation sites excluding steroid dienone is 2. The van der Waals surface area contributed by atoms with Crippen LogP contribution in [0.4, 0.5) is 0 Å². The van der Waals surface area contributed by atoms with Crippen molar-refractivity contribution in [2.45, 2.75) is 156 Å². The average Bonchev–Trinajstić information content (AvgIpc) is 3.24. The van der Waals surface area contributed by atoms with Crippen molar-refractivity contribution in [1.29, 1.82) is 0 Å². The van der Waals surface area contributed by atoms with E-state index in [2.05, 4.69) is 56.0 Å². The van der Waals surface area contributed by atoms with Crippen molar-refractivity contribution in [3.8, 4) is 0 Å². The molecule has 0 saturated carbocycles. The smallest absolute Gasteiger partial charge is 0.221 e. The summed E-state index contributed by atoms with van der Waals surface area (Å²) in [6.45, 7) is 9.22. The highest BCUT2D eigenvalue weighted by Gasteiger charge is 2.41. The molecule has 1 heterocycles. The lowest BCUT2D eigenvalue weighted by Crippen LogP contribution is -2.62. The normalized spacial score (nSPS) is 20.6. The minimum Gasteiger partial charge on any atom is -0.338 e. The van der Waals surface area contributed by atoms with Gasteiger partial charge in [0.1, 0.15) is 6.20 Å². The number of rotatable bonds is 22. The molecule has 0 aromatic carbocycles. The van der Waals surface area contributed by atoms with Gasteiger partial charge in [-0.05, 0) is 39.0 Å². The maximum atomic E-state index is 11.5. The largest absolute Gasteiger partial charge is 0.338 e. The minimum absolute atomic E-state index is 0.0500. The van der Waals surface area contributed by atoms with Gasteiger partial charge in [0, 0.05) is 20.3 Å². The average molecular weight is 477 g/mol. The Balaban J connectivity index is 1.96. The van der Waals surface area contributed by atoms with E-state index in [0.717, 1.165) is 17.4 Å². The molecule has 1 amide bonds. The molecule has 0 bridgehead atoms. The quantitative estimate of drug-likeness (QED) is 0.0937. The highest BCUT2D eigenvalue weighted by atomic mass is 16.1. The summed E-state index contributed by atoms with van der Waals surface area (Å²) in [6, 6.07) is 0. The van der Waals surface area contributed by atoms with Crippen LogP contribution in [0.25, 0.3) is 0 Å². The monoisotopic (exact) mass is 476 g/mol. The molecule has 4 nitrogen and oxygen atoms in total. The van der Waals surface area contributed by atoms with E-state index in [0.29, 0.717) is 6.17 Å². The number of nitrogens with one attached hydrogen (secondary N) is 2. The highest BCUT2D eigenvalue weighted by molar-refractivity contribution is 5.72. The molecule has 3 unspecified atom stereocenters. The molecule has 1 rings (SSSR count). The lowest BCUT2D eigenvalue weighted by Gasteiger charge is -2.41. The zero-order valence-corrected chi connectivity index (χ0v) is 23.3. The molecule has 0 saturated heterocycles. The summed E-state index contributed by atoms with van der Waals surface area (Å²) < 4.78 is 0.807. The van der Waals surface area contributed by atoms with E-state index in [1.807, 2.05) is 0 Å². The Bertz CT molecular complexity index is 559. The first kappa shape index (κ1) is 30.7. The van der Waals surface area contributed by atoms with Gasteiger partial charge in [0.15, 0.2) is 12.3 Å². The number of nitrogens with zero attached hydrogens (tertiary/aromatic N) is 1. The molecule has 3 atom stereocenters. The van der Waals surface area contributed by atoms with Crippen LogP contribution in [0.15, 0.2) is 24.6 Å². The van der Waals surface area contributed by atoms with Crippen LogP contribution in [0.2, 0.25) is 0 Å². The molecule has 34 heavy (non-hydrogen) atoms. The molecule has 4 heteroatoms. The SMILES string of the molecule is CCCCCCCCCCCCC/C=C/CCCCCCC1NC=C[N+]1(CC)C(C)NC(C)=O. The molecule has 2 N–H and O–H groups in total. The predicted octanol–water partition coefficient (Wildman–Crippen LogP) is 8.30. The third-order valence-corrected chi connectivity index (χ3v) is 7.64. The number of hydrogen-bond donors (Lipinski definition) is 2. The molecule has 0 aliphatic carbocycles. The molecule has 0 aromatic rings. The zero-order chi connectivity index (χ0) is 24.9. The van der Waals surface area contributed by atoms with Crippen molar-refractivity contribution >= 4 is 5.91 Å². The molecular formula is C30H58N3O+. The van der Waals surface area contributed by atoms with Crippen LogP contribution >= 0.6 is 0 Å². The molecule has 198 valence electrons. The Morgan fingerprint density at radius 2 is 1.35 bits per heavy atom. The number of carbonyl (C=O) groups excluding carboxylic acids is 1. The van der Waals surface area contributed by atoms with Gasteiger partial charge in [0.2, 0.25) is 5.91 Å². The van der Waals surface area contributed by atoms with Gasteiger partial charge < -0.3 is 10.6 Å². The Morgan fingerprint density at radius 1 is 0.853 bits per heavy atom. The lowest BCUT2D eigenvalue weighted by molar-refractivity contribution is -0.923. The second-order valence-electron chi connectivity index (χ2n) is 10.5.